The average molecular weight is 359 g/mol. The van der Waals surface area contributed by atoms with Crippen molar-refractivity contribution in [1.82, 2.24) is 9.21 Å². The summed E-state index contributed by atoms with van der Waals surface area (Å²) >= 11 is 6.11. The Hall–Kier alpha value is -1.15. The van der Waals surface area contributed by atoms with E-state index in [0.29, 0.717) is 18.7 Å². The topological polar surface area (TPSA) is 77.9 Å². The smallest absolute Gasteiger partial charge is 0.244 e. The molecule has 1 atom stereocenters. The first-order valence-electron chi connectivity index (χ1n) is 7.56. The average Bonchev–Trinajstić information content (AvgIpc) is 3.14. The Bertz CT molecular complexity index is 746. The molecule has 0 spiro atoms. The molecular weight excluding hydrogens is 340 g/mol. The first-order valence-corrected chi connectivity index (χ1v) is 9.38. The summed E-state index contributed by atoms with van der Waals surface area (Å²) < 4.78 is 26.9. The zero-order valence-corrected chi connectivity index (χ0v) is 14.4. The van der Waals surface area contributed by atoms with Crippen LogP contribution >= 0.6 is 11.6 Å². The molecule has 0 aromatic heterocycles. The fourth-order valence-corrected chi connectivity index (χ4v) is 5.20. The molecule has 0 saturated carbocycles. The highest BCUT2D eigenvalue weighted by molar-refractivity contribution is 7.89. The highest BCUT2D eigenvalue weighted by atomic mass is 35.5. The molecule has 1 unspecified atom stereocenters. The zero-order chi connectivity index (χ0) is 16.8. The van der Waals surface area contributed by atoms with Crippen LogP contribution in [0.25, 0.3) is 0 Å². The van der Waals surface area contributed by atoms with Gasteiger partial charge < -0.3 is 10.0 Å². The number of sulfonamides is 1. The summed E-state index contributed by atoms with van der Waals surface area (Å²) in [6.07, 6.45) is 2.12. The van der Waals surface area contributed by atoms with Crippen LogP contribution in [0.2, 0.25) is 5.02 Å². The molecule has 1 N–H and O–H groups in total. The fraction of sp³-hybridized carbons (Fsp3) is 0.533. The number of aliphatic hydroxyl groups is 1. The van der Waals surface area contributed by atoms with Crippen LogP contribution < -0.4 is 0 Å². The van der Waals surface area contributed by atoms with Crippen molar-refractivity contribution in [1.29, 1.82) is 0 Å². The molecule has 1 amide bonds. The van der Waals surface area contributed by atoms with Gasteiger partial charge in [-0.15, -0.1) is 0 Å². The Labute approximate surface area is 140 Å². The van der Waals surface area contributed by atoms with E-state index in [-0.39, 0.29) is 28.7 Å². The second kappa shape index (κ2) is 5.73. The third kappa shape index (κ3) is 2.65. The number of carbonyl (C=O) groups is 1. The number of hydrogen-bond donors (Lipinski definition) is 1. The lowest BCUT2D eigenvalue weighted by Gasteiger charge is -2.31. The highest BCUT2D eigenvalue weighted by Gasteiger charge is 2.43. The van der Waals surface area contributed by atoms with Crippen LogP contribution in [0.5, 0.6) is 0 Å². The molecule has 8 heteroatoms. The van der Waals surface area contributed by atoms with E-state index in [2.05, 4.69) is 0 Å². The van der Waals surface area contributed by atoms with Crippen LogP contribution in [0.1, 0.15) is 31.2 Å². The molecule has 2 fully saturated rings. The second-order valence-electron chi connectivity index (χ2n) is 6.03. The minimum absolute atomic E-state index is 0.0141. The lowest BCUT2D eigenvalue weighted by molar-refractivity contribution is -0.142. The summed E-state index contributed by atoms with van der Waals surface area (Å²) in [4.78, 5) is 13.0. The monoisotopic (exact) mass is 358 g/mol. The van der Waals surface area contributed by atoms with E-state index in [1.807, 2.05) is 0 Å². The molecular formula is C15H19ClN2O4S. The Morgan fingerprint density at radius 2 is 1.91 bits per heavy atom. The van der Waals surface area contributed by atoms with Crippen molar-refractivity contribution in [3.63, 3.8) is 0 Å². The second-order valence-corrected chi connectivity index (χ2v) is 8.34. The molecule has 126 valence electrons. The Balaban J connectivity index is 2.05. The molecule has 2 heterocycles. The molecule has 1 aromatic rings. The molecule has 23 heavy (non-hydrogen) atoms. The van der Waals surface area contributed by atoms with Crippen molar-refractivity contribution in [2.45, 2.75) is 36.3 Å². The van der Waals surface area contributed by atoms with Gasteiger partial charge in [-0.25, -0.2) is 8.42 Å². The largest absolute Gasteiger partial charge is 0.367 e. The molecule has 0 radical (unpaired) electrons. The van der Waals surface area contributed by atoms with Gasteiger partial charge in [0.05, 0.1) is 5.02 Å². The van der Waals surface area contributed by atoms with Gasteiger partial charge in [-0.05, 0) is 25.0 Å². The molecule has 2 saturated heterocycles. The van der Waals surface area contributed by atoms with E-state index in [9.17, 15) is 18.3 Å². The van der Waals surface area contributed by atoms with Crippen LogP contribution in [-0.2, 0) is 20.5 Å². The third-order valence-corrected chi connectivity index (χ3v) is 7.07. The van der Waals surface area contributed by atoms with Gasteiger partial charge in [-0.3, -0.25) is 4.79 Å². The van der Waals surface area contributed by atoms with Crippen molar-refractivity contribution in [2.75, 3.05) is 20.1 Å². The van der Waals surface area contributed by atoms with Crippen molar-refractivity contribution < 1.29 is 18.3 Å². The predicted molar refractivity (Wildman–Crippen MR) is 85.3 cm³/mol. The molecule has 1 aromatic carbocycles. The molecule has 2 aliphatic heterocycles. The van der Waals surface area contributed by atoms with E-state index in [1.165, 1.54) is 28.4 Å². The SMILES string of the molecule is CN1C(=O)CCC1(O)c1ccc(Cl)c(S(=O)(=O)N2CCCC2)c1. The van der Waals surface area contributed by atoms with Gasteiger partial charge in [0.25, 0.3) is 0 Å². The summed E-state index contributed by atoms with van der Waals surface area (Å²) in [6.45, 7) is 0.955. The van der Waals surface area contributed by atoms with Crippen molar-refractivity contribution >= 4 is 27.5 Å². The molecule has 6 nitrogen and oxygen atoms in total. The Kier molecular flexibility index (Phi) is 4.16. The molecule has 2 aliphatic rings. The van der Waals surface area contributed by atoms with Crippen LogP contribution in [0.3, 0.4) is 0 Å². The van der Waals surface area contributed by atoms with Crippen LogP contribution in [-0.4, -0.2) is 48.8 Å². The summed E-state index contributed by atoms with van der Waals surface area (Å²) in [5.74, 6) is -0.175. The van der Waals surface area contributed by atoms with Crippen LogP contribution in [0, 0.1) is 0 Å². The predicted octanol–water partition coefficient (Wildman–Crippen LogP) is 1.52. The van der Waals surface area contributed by atoms with E-state index >= 15 is 0 Å². The van der Waals surface area contributed by atoms with E-state index in [4.69, 9.17) is 11.6 Å². The lowest BCUT2D eigenvalue weighted by Crippen LogP contribution is -2.40. The maximum Gasteiger partial charge on any atom is 0.244 e. The summed E-state index contributed by atoms with van der Waals surface area (Å²) in [6, 6.07) is 4.43. The maximum atomic E-state index is 12.8. The number of hydrogen-bond acceptors (Lipinski definition) is 4. The van der Waals surface area contributed by atoms with Gasteiger partial charge in [0.15, 0.2) is 5.72 Å². The Morgan fingerprint density at radius 3 is 2.48 bits per heavy atom. The van der Waals surface area contributed by atoms with Gasteiger partial charge in [0.1, 0.15) is 4.90 Å². The van der Waals surface area contributed by atoms with Gasteiger partial charge in [0, 0.05) is 38.5 Å². The van der Waals surface area contributed by atoms with Gasteiger partial charge in [-0.1, -0.05) is 17.7 Å². The maximum absolute atomic E-state index is 12.8. The number of benzene rings is 1. The fourth-order valence-electron chi connectivity index (χ4n) is 3.18. The first-order chi connectivity index (χ1) is 10.8. The van der Waals surface area contributed by atoms with Crippen molar-refractivity contribution in [2.24, 2.45) is 0 Å². The van der Waals surface area contributed by atoms with Crippen molar-refractivity contribution in [3.8, 4) is 0 Å². The quantitative estimate of drug-likeness (QED) is 0.888. The molecule has 3 rings (SSSR count). The number of carbonyl (C=O) groups excluding carboxylic acids is 1. The van der Waals surface area contributed by atoms with E-state index in [1.54, 1.807) is 6.07 Å². The minimum atomic E-state index is -3.69. The number of likely N-dealkylation sites (tertiary alicyclic amines) is 1. The summed E-state index contributed by atoms with van der Waals surface area (Å²) in [5, 5.41) is 10.9. The molecule has 0 bridgehead atoms. The highest BCUT2D eigenvalue weighted by Crippen LogP contribution is 2.38. The molecule has 0 aliphatic carbocycles. The van der Waals surface area contributed by atoms with Crippen LogP contribution in [0.4, 0.5) is 0 Å². The normalized spacial score (nSPS) is 26.2. The summed E-state index contributed by atoms with van der Waals surface area (Å²) in [7, 11) is -2.18. The van der Waals surface area contributed by atoms with Crippen molar-refractivity contribution in [3.05, 3.63) is 28.8 Å². The van der Waals surface area contributed by atoms with Gasteiger partial charge in [-0.2, -0.15) is 4.31 Å². The van der Waals surface area contributed by atoms with Gasteiger partial charge >= 0.3 is 0 Å². The zero-order valence-electron chi connectivity index (χ0n) is 12.8. The number of rotatable bonds is 3. The summed E-state index contributed by atoms with van der Waals surface area (Å²) in [5.41, 5.74) is -1.12. The van der Waals surface area contributed by atoms with Gasteiger partial charge in [0.2, 0.25) is 15.9 Å². The Morgan fingerprint density at radius 1 is 1.26 bits per heavy atom. The number of halogens is 1. The van der Waals surface area contributed by atoms with E-state index in [0.717, 1.165) is 12.8 Å². The van der Waals surface area contributed by atoms with Crippen LogP contribution in [0.15, 0.2) is 23.1 Å². The van der Waals surface area contributed by atoms with E-state index < -0.39 is 15.7 Å². The minimum Gasteiger partial charge on any atom is -0.367 e. The standard InChI is InChI=1S/C15H19ClN2O4S/c1-17-14(19)6-7-15(17,20)11-4-5-12(16)13(10-11)23(21,22)18-8-2-3-9-18/h4-5,10,20H,2-3,6-9H2,1H3. The first kappa shape index (κ1) is 16.7. The third-order valence-electron chi connectivity index (χ3n) is 4.69. The lowest BCUT2D eigenvalue weighted by atomic mass is 10.0. The number of nitrogens with zero attached hydrogens (tertiary/aromatic N) is 2. The number of amides is 1.